The molecule has 1 aromatic heterocycles. The summed E-state index contributed by atoms with van der Waals surface area (Å²) in [5.74, 6) is 1.40. The summed E-state index contributed by atoms with van der Waals surface area (Å²) in [5.41, 5.74) is 0.999. The van der Waals surface area contributed by atoms with E-state index < -0.39 is 0 Å². The van der Waals surface area contributed by atoms with Crippen LogP contribution in [0.2, 0.25) is 0 Å². The lowest BCUT2D eigenvalue weighted by Crippen LogP contribution is -2.15. The van der Waals surface area contributed by atoms with E-state index in [9.17, 15) is 0 Å². The van der Waals surface area contributed by atoms with Crippen LogP contribution in [0.4, 0.5) is 0 Å². The molecule has 78 valence electrons. The largest absolute Gasteiger partial charge is 0.475 e. The van der Waals surface area contributed by atoms with Crippen LogP contribution in [-0.4, -0.2) is 11.1 Å². The Morgan fingerprint density at radius 3 is 2.57 bits per heavy atom. The molecule has 1 unspecified atom stereocenters. The topological polar surface area (TPSA) is 22.1 Å². The summed E-state index contributed by atoms with van der Waals surface area (Å²) in [6.45, 7) is 8.46. The average Bonchev–Trinajstić information content (AvgIpc) is 2.01. The maximum absolute atomic E-state index is 5.69. The van der Waals surface area contributed by atoms with Gasteiger partial charge in [-0.05, 0) is 32.3 Å². The van der Waals surface area contributed by atoms with Crippen LogP contribution in [0.3, 0.4) is 0 Å². The highest BCUT2D eigenvalue weighted by Gasteiger charge is 2.07. The van der Waals surface area contributed by atoms with Gasteiger partial charge in [-0.15, -0.1) is 0 Å². The molecule has 0 aromatic carbocycles. The molecule has 0 amide bonds. The fourth-order valence-electron chi connectivity index (χ4n) is 1.50. The van der Waals surface area contributed by atoms with Gasteiger partial charge in [0.05, 0.1) is 6.10 Å². The van der Waals surface area contributed by atoms with E-state index in [-0.39, 0.29) is 6.10 Å². The number of pyridine rings is 1. The van der Waals surface area contributed by atoms with Gasteiger partial charge >= 0.3 is 0 Å². The van der Waals surface area contributed by atoms with E-state index in [1.54, 1.807) is 0 Å². The first kappa shape index (κ1) is 11.0. The van der Waals surface area contributed by atoms with Gasteiger partial charge in [-0.25, -0.2) is 4.98 Å². The van der Waals surface area contributed by atoms with Gasteiger partial charge in [-0.1, -0.05) is 19.9 Å². The van der Waals surface area contributed by atoms with Crippen molar-refractivity contribution in [2.75, 3.05) is 0 Å². The van der Waals surface area contributed by atoms with Crippen LogP contribution in [0.15, 0.2) is 18.2 Å². The summed E-state index contributed by atoms with van der Waals surface area (Å²) >= 11 is 0. The molecule has 1 rings (SSSR count). The minimum atomic E-state index is 0.240. The highest BCUT2D eigenvalue weighted by atomic mass is 16.5. The predicted molar refractivity (Wildman–Crippen MR) is 58.5 cm³/mol. The van der Waals surface area contributed by atoms with Gasteiger partial charge in [0.15, 0.2) is 0 Å². The quantitative estimate of drug-likeness (QED) is 0.732. The van der Waals surface area contributed by atoms with Crippen LogP contribution in [0.5, 0.6) is 5.88 Å². The van der Waals surface area contributed by atoms with E-state index in [1.807, 2.05) is 25.1 Å². The molecule has 0 spiro atoms. The molecule has 2 heteroatoms. The highest BCUT2D eigenvalue weighted by molar-refractivity contribution is 5.14. The van der Waals surface area contributed by atoms with Crippen molar-refractivity contribution >= 4 is 0 Å². The standard InChI is InChI=1S/C12H19NO/c1-9(2)8-11(4)14-12-7-5-6-10(3)13-12/h5-7,9,11H,8H2,1-4H3. The fourth-order valence-corrected chi connectivity index (χ4v) is 1.50. The zero-order valence-electron chi connectivity index (χ0n) is 9.45. The Labute approximate surface area is 86.3 Å². The zero-order valence-corrected chi connectivity index (χ0v) is 9.45. The maximum atomic E-state index is 5.69. The molecular formula is C12H19NO. The van der Waals surface area contributed by atoms with Gasteiger partial charge in [0, 0.05) is 11.8 Å². The normalized spacial score (nSPS) is 12.9. The second kappa shape index (κ2) is 4.99. The molecule has 1 aromatic rings. The van der Waals surface area contributed by atoms with Crippen molar-refractivity contribution in [1.29, 1.82) is 0 Å². The number of hydrogen-bond donors (Lipinski definition) is 0. The van der Waals surface area contributed by atoms with Crippen molar-refractivity contribution in [3.8, 4) is 5.88 Å². The Balaban J connectivity index is 2.51. The van der Waals surface area contributed by atoms with E-state index in [1.165, 1.54) is 0 Å². The Kier molecular flexibility index (Phi) is 3.93. The summed E-state index contributed by atoms with van der Waals surface area (Å²) < 4.78 is 5.69. The minimum absolute atomic E-state index is 0.240. The monoisotopic (exact) mass is 193 g/mol. The molecule has 1 heterocycles. The minimum Gasteiger partial charge on any atom is -0.475 e. The molecule has 0 radical (unpaired) electrons. The predicted octanol–water partition coefficient (Wildman–Crippen LogP) is 3.20. The number of nitrogens with zero attached hydrogens (tertiary/aromatic N) is 1. The third-order valence-corrected chi connectivity index (χ3v) is 1.99. The number of aromatic nitrogens is 1. The Hall–Kier alpha value is -1.05. The van der Waals surface area contributed by atoms with E-state index in [2.05, 4.69) is 25.8 Å². The number of hydrogen-bond acceptors (Lipinski definition) is 2. The second-order valence-corrected chi connectivity index (χ2v) is 4.18. The lowest BCUT2D eigenvalue weighted by Gasteiger charge is -2.15. The Morgan fingerprint density at radius 2 is 2.00 bits per heavy atom. The SMILES string of the molecule is Cc1cccc(OC(C)CC(C)C)n1. The Morgan fingerprint density at radius 1 is 1.29 bits per heavy atom. The maximum Gasteiger partial charge on any atom is 0.213 e. The van der Waals surface area contributed by atoms with Gasteiger partial charge in [-0.3, -0.25) is 0 Å². The first-order valence-corrected chi connectivity index (χ1v) is 5.18. The summed E-state index contributed by atoms with van der Waals surface area (Å²) in [5, 5.41) is 0. The van der Waals surface area contributed by atoms with Crippen molar-refractivity contribution in [3.05, 3.63) is 23.9 Å². The number of ether oxygens (including phenoxy) is 1. The smallest absolute Gasteiger partial charge is 0.213 e. The van der Waals surface area contributed by atoms with E-state index >= 15 is 0 Å². The van der Waals surface area contributed by atoms with Crippen molar-refractivity contribution in [3.63, 3.8) is 0 Å². The number of rotatable bonds is 4. The Bertz CT molecular complexity index is 283. The lowest BCUT2D eigenvalue weighted by molar-refractivity contribution is 0.185. The molecule has 0 aliphatic heterocycles. The molecule has 0 aliphatic carbocycles. The van der Waals surface area contributed by atoms with Crippen molar-refractivity contribution < 1.29 is 4.74 Å². The third-order valence-electron chi connectivity index (χ3n) is 1.99. The second-order valence-electron chi connectivity index (χ2n) is 4.18. The molecule has 14 heavy (non-hydrogen) atoms. The molecule has 1 atom stereocenters. The summed E-state index contributed by atoms with van der Waals surface area (Å²) in [6, 6.07) is 5.85. The number of aryl methyl sites for hydroxylation is 1. The first-order chi connectivity index (χ1) is 6.58. The molecule has 0 saturated heterocycles. The molecule has 0 aliphatic rings. The molecule has 0 bridgehead atoms. The zero-order chi connectivity index (χ0) is 10.6. The first-order valence-electron chi connectivity index (χ1n) is 5.18. The average molecular weight is 193 g/mol. The van der Waals surface area contributed by atoms with Crippen LogP contribution >= 0.6 is 0 Å². The molecule has 0 fully saturated rings. The van der Waals surface area contributed by atoms with Gasteiger partial charge in [0.25, 0.3) is 0 Å². The molecule has 0 saturated carbocycles. The summed E-state index contributed by atoms with van der Waals surface area (Å²) in [4.78, 5) is 4.30. The van der Waals surface area contributed by atoms with Crippen LogP contribution < -0.4 is 4.74 Å². The van der Waals surface area contributed by atoms with Crippen LogP contribution in [0.1, 0.15) is 32.9 Å². The fraction of sp³-hybridized carbons (Fsp3) is 0.583. The molecular weight excluding hydrogens is 174 g/mol. The van der Waals surface area contributed by atoms with Crippen LogP contribution in [0, 0.1) is 12.8 Å². The summed E-state index contributed by atoms with van der Waals surface area (Å²) in [7, 11) is 0. The van der Waals surface area contributed by atoms with E-state index in [4.69, 9.17) is 4.74 Å². The van der Waals surface area contributed by atoms with Crippen LogP contribution in [0.25, 0.3) is 0 Å². The van der Waals surface area contributed by atoms with Crippen LogP contribution in [-0.2, 0) is 0 Å². The third kappa shape index (κ3) is 3.77. The van der Waals surface area contributed by atoms with E-state index in [0.717, 1.165) is 18.0 Å². The van der Waals surface area contributed by atoms with Crippen molar-refractivity contribution in [1.82, 2.24) is 4.98 Å². The van der Waals surface area contributed by atoms with E-state index in [0.29, 0.717) is 5.92 Å². The van der Waals surface area contributed by atoms with Crippen molar-refractivity contribution in [2.45, 2.75) is 40.2 Å². The summed E-state index contributed by atoms with van der Waals surface area (Å²) in [6.07, 6.45) is 1.31. The molecule has 2 nitrogen and oxygen atoms in total. The lowest BCUT2D eigenvalue weighted by atomic mass is 10.1. The van der Waals surface area contributed by atoms with Gasteiger partial charge in [-0.2, -0.15) is 0 Å². The van der Waals surface area contributed by atoms with Crippen molar-refractivity contribution in [2.24, 2.45) is 5.92 Å². The van der Waals surface area contributed by atoms with Gasteiger partial charge in [0.1, 0.15) is 0 Å². The van der Waals surface area contributed by atoms with Gasteiger partial charge in [0.2, 0.25) is 5.88 Å². The van der Waals surface area contributed by atoms with Gasteiger partial charge < -0.3 is 4.74 Å². The highest BCUT2D eigenvalue weighted by Crippen LogP contribution is 2.13. The molecule has 0 N–H and O–H groups in total.